The Morgan fingerprint density at radius 1 is 0.949 bits per heavy atom. The van der Waals surface area contributed by atoms with Gasteiger partial charge in [-0.1, -0.05) is 53.6 Å². The average molecular weight is 572 g/mol. The number of carbonyl (C=O) groups excluding carboxylic acids is 2. The van der Waals surface area contributed by atoms with Crippen LogP contribution in [0.3, 0.4) is 0 Å². The van der Waals surface area contributed by atoms with E-state index < -0.39 is 28.5 Å². The van der Waals surface area contributed by atoms with Crippen molar-refractivity contribution < 1.29 is 22.7 Å². The van der Waals surface area contributed by atoms with Crippen LogP contribution in [0.1, 0.15) is 31.9 Å². The van der Waals surface area contributed by atoms with Crippen LogP contribution in [-0.2, 0) is 26.2 Å². The standard InChI is InChI=1S/C29H34ClN3O5S/c1-20(2)31-29(35)22(4)32(18-23-12-14-24(38-5)15-13-23)28(34)19-33(27-9-7-6-8-26(27)30)39(36,37)25-16-10-21(3)11-17-25/h6-17,20,22H,18-19H2,1-5H3,(H,31,35)/t22-/m0/s1. The number of anilines is 1. The first-order valence-corrected chi connectivity index (χ1v) is 14.3. The lowest BCUT2D eigenvalue weighted by Gasteiger charge is -2.32. The van der Waals surface area contributed by atoms with Crippen molar-refractivity contribution in [3.05, 3.63) is 88.9 Å². The highest BCUT2D eigenvalue weighted by molar-refractivity contribution is 7.92. The van der Waals surface area contributed by atoms with Crippen LogP contribution >= 0.6 is 11.6 Å². The Balaban J connectivity index is 2.03. The lowest BCUT2D eigenvalue weighted by molar-refractivity contribution is -0.139. The highest BCUT2D eigenvalue weighted by Gasteiger charge is 2.33. The molecule has 3 aromatic rings. The number of aryl methyl sites for hydroxylation is 1. The Labute approximate surface area is 235 Å². The number of carbonyl (C=O) groups is 2. The number of rotatable bonds is 11. The summed E-state index contributed by atoms with van der Waals surface area (Å²) in [6, 6.07) is 18.9. The molecule has 208 valence electrons. The normalized spacial score (nSPS) is 12.1. The van der Waals surface area contributed by atoms with Crippen molar-refractivity contribution in [1.82, 2.24) is 10.2 Å². The third-order valence-electron chi connectivity index (χ3n) is 6.12. The molecule has 1 N–H and O–H groups in total. The minimum atomic E-state index is -4.18. The molecule has 0 aliphatic rings. The number of ether oxygens (including phenoxy) is 1. The minimum Gasteiger partial charge on any atom is -0.497 e. The fourth-order valence-corrected chi connectivity index (χ4v) is 5.64. The highest BCUT2D eigenvalue weighted by atomic mass is 35.5. The van der Waals surface area contributed by atoms with Gasteiger partial charge < -0.3 is 15.0 Å². The molecule has 0 fully saturated rings. The summed E-state index contributed by atoms with van der Waals surface area (Å²) >= 11 is 6.42. The maximum Gasteiger partial charge on any atom is 0.264 e. The molecule has 0 saturated heterocycles. The average Bonchev–Trinajstić information content (AvgIpc) is 2.90. The monoisotopic (exact) mass is 571 g/mol. The van der Waals surface area contributed by atoms with Crippen molar-refractivity contribution in [2.24, 2.45) is 0 Å². The molecule has 0 heterocycles. The number of amides is 2. The SMILES string of the molecule is COc1ccc(CN(C(=O)CN(c2ccccc2Cl)S(=O)(=O)c2ccc(C)cc2)[C@@H](C)C(=O)NC(C)C)cc1. The van der Waals surface area contributed by atoms with E-state index in [4.69, 9.17) is 16.3 Å². The Kier molecular flexibility index (Phi) is 9.99. The lowest BCUT2D eigenvalue weighted by Crippen LogP contribution is -2.52. The van der Waals surface area contributed by atoms with Gasteiger partial charge in [0.05, 0.1) is 22.7 Å². The van der Waals surface area contributed by atoms with Crippen LogP contribution in [0.4, 0.5) is 5.69 Å². The molecule has 39 heavy (non-hydrogen) atoms. The Bertz CT molecular complexity index is 1390. The fraction of sp³-hybridized carbons (Fsp3) is 0.310. The molecule has 2 amide bonds. The van der Waals surface area contributed by atoms with Gasteiger partial charge in [0.25, 0.3) is 10.0 Å². The first-order valence-electron chi connectivity index (χ1n) is 12.5. The number of halogens is 1. The van der Waals surface area contributed by atoms with Gasteiger partial charge in [0.15, 0.2) is 0 Å². The molecule has 0 radical (unpaired) electrons. The zero-order chi connectivity index (χ0) is 28.7. The molecule has 1 atom stereocenters. The van der Waals surface area contributed by atoms with Crippen LogP contribution in [0.15, 0.2) is 77.7 Å². The topological polar surface area (TPSA) is 96.0 Å². The van der Waals surface area contributed by atoms with Gasteiger partial charge in [-0.2, -0.15) is 0 Å². The molecule has 0 aliphatic heterocycles. The summed E-state index contributed by atoms with van der Waals surface area (Å²) in [6.45, 7) is 6.65. The molecule has 10 heteroatoms. The third-order valence-corrected chi connectivity index (χ3v) is 8.21. The summed E-state index contributed by atoms with van der Waals surface area (Å²) in [5.41, 5.74) is 1.81. The lowest BCUT2D eigenvalue weighted by atomic mass is 10.1. The van der Waals surface area contributed by atoms with Crippen molar-refractivity contribution in [2.45, 2.75) is 51.2 Å². The van der Waals surface area contributed by atoms with E-state index in [9.17, 15) is 18.0 Å². The predicted molar refractivity (Wildman–Crippen MR) is 153 cm³/mol. The molecule has 0 spiro atoms. The first-order chi connectivity index (χ1) is 18.4. The van der Waals surface area contributed by atoms with Crippen LogP contribution in [0.2, 0.25) is 5.02 Å². The van der Waals surface area contributed by atoms with E-state index >= 15 is 0 Å². The Morgan fingerprint density at radius 3 is 2.13 bits per heavy atom. The summed E-state index contributed by atoms with van der Waals surface area (Å²) in [4.78, 5) is 28.3. The number of benzene rings is 3. The predicted octanol–water partition coefficient (Wildman–Crippen LogP) is 4.79. The second-order valence-electron chi connectivity index (χ2n) is 9.49. The molecular weight excluding hydrogens is 538 g/mol. The number of hydrogen-bond acceptors (Lipinski definition) is 5. The van der Waals surface area contributed by atoms with Gasteiger partial charge in [-0.15, -0.1) is 0 Å². The summed E-state index contributed by atoms with van der Waals surface area (Å²) in [7, 11) is -2.63. The van der Waals surface area contributed by atoms with E-state index in [1.807, 2.05) is 20.8 Å². The molecule has 8 nitrogen and oxygen atoms in total. The van der Waals surface area contributed by atoms with Gasteiger partial charge in [-0.05, 0) is 69.7 Å². The number of nitrogens with one attached hydrogen (secondary N) is 1. The van der Waals surface area contributed by atoms with Crippen LogP contribution in [0.5, 0.6) is 5.75 Å². The molecule has 0 unspecified atom stereocenters. The Morgan fingerprint density at radius 2 is 1.56 bits per heavy atom. The number of nitrogens with zero attached hydrogens (tertiary/aromatic N) is 2. The number of methoxy groups -OCH3 is 1. The van der Waals surface area contributed by atoms with Crippen molar-refractivity contribution in [1.29, 1.82) is 0 Å². The molecule has 3 aromatic carbocycles. The van der Waals surface area contributed by atoms with E-state index in [2.05, 4.69) is 5.32 Å². The molecular formula is C29H34ClN3O5S. The fourth-order valence-electron chi connectivity index (χ4n) is 3.92. The third kappa shape index (κ3) is 7.52. The van der Waals surface area contributed by atoms with Crippen LogP contribution in [0.25, 0.3) is 0 Å². The number of sulfonamides is 1. The zero-order valence-electron chi connectivity index (χ0n) is 22.7. The van der Waals surface area contributed by atoms with Gasteiger partial charge in [-0.25, -0.2) is 8.42 Å². The van der Waals surface area contributed by atoms with Crippen LogP contribution in [0, 0.1) is 6.92 Å². The summed E-state index contributed by atoms with van der Waals surface area (Å²) in [6.07, 6.45) is 0. The number of para-hydroxylation sites is 1. The molecule has 0 saturated carbocycles. The van der Waals surface area contributed by atoms with E-state index in [1.54, 1.807) is 74.7 Å². The Hall–Kier alpha value is -3.56. The van der Waals surface area contributed by atoms with E-state index in [0.29, 0.717) is 5.75 Å². The van der Waals surface area contributed by atoms with Gasteiger partial charge >= 0.3 is 0 Å². The van der Waals surface area contributed by atoms with Crippen LogP contribution in [-0.4, -0.2) is 50.9 Å². The highest BCUT2D eigenvalue weighted by Crippen LogP contribution is 2.31. The van der Waals surface area contributed by atoms with Crippen molar-refractivity contribution in [3.8, 4) is 5.75 Å². The maximum atomic E-state index is 13.9. The van der Waals surface area contributed by atoms with Gasteiger partial charge in [0, 0.05) is 12.6 Å². The van der Waals surface area contributed by atoms with E-state index in [0.717, 1.165) is 15.4 Å². The first kappa shape index (κ1) is 30.0. The van der Waals surface area contributed by atoms with Crippen molar-refractivity contribution in [3.63, 3.8) is 0 Å². The second-order valence-corrected chi connectivity index (χ2v) is 11.8. The molecule has 0 bridgehead atoms. The largest absolute Gasteiger partial charge is 0.497 e. The molecule has 0 aliphatic carbocycles. The number of hydrogen-bond donors (Lipinski definition) is 1. The van der Waals surface area contributed by atoms with E-state index in [-0.39, 0.29) is 34.1 Å². The minimum absolute atomic E-state index is 0.0214. The second kappa shape index (κ2) is 13.0. The van der Waals surface area contributed by atoms with Crippen LogP contribution < -0.4 is 14.4 Å². The molecule has 0 aromatic heterocycles. The van der Waals surface area contributed by atoms with Gasteiger partial charge in [0.1, 0.15) is 18.3 Å². The summed E-state index contributed by atoms with van der Waals surface area (Å²) in [5, 5.41) is 3.01. The summed E-state index contributed by atoms with van der Waals surface area (Å²) < 4.78 is 33.9. The summed E-state index contributed by atoms with van der Waals surface area (Å²) in [5.74, 6) is -0.262. The van der Waals surface area contributed by atoms with Gasteiger partial charge in [-0.3, -0.25) is 13.9 Å². The zero-order valence-corrected chi connectivity index (χ0v) is 24.3. The molecule has 3 rings (SSSR count). The smallest absolute Gasteiger partial charge is 0.264 e. The van der Waals surface area contributed by atoms with Gasteiger partial charge in [0.2, 0.25) is 11.8 Å². The van der Waals surface area contributed by atoms with Crippen molar-refractivity contribution in [2.75, 3.05) is 18.0 Å². The van der Waals surface area contributed by atoms with Crippen molar-refractivity contribution >= 4 is 39.1 Å². The quantitative estimate of drug-likeness (QED) is 0.357. The maximum absolute atomic E-state index is 13.9. The van der Waals surface area contributed by atoms with E-state index in [1.165, 1.54) is 17.0 Å².